The Morgan fingerprint density at radius 2 is 1.77 bits per heavy atom. The quantitative estimate of drug-likeness (QED) is 0.728. The van der Waals surface area contributed by atoms with Crippen molar-refractivity contribution in [2.24, 2.45) is 5.92 Å². The highest BCUT2D eigenvalue weighted by Crippen LogP contribution is 2.10. The van der Waals surface area contributed by atoms with Crippen LogP contribution in [0.2, 0.25) is 0 Å². The van der Waals surface area contributed by atoms with Gasteiger partial charge in [0.15, 0.2) is 0 Å². The number of Topliss-reactive ketones (excluding diaryl/α,β-unsaturated/α-hetero) is 1. The predicted molar refractivity (Wildman–Crippen MR) is 56.8 cm³/mol. The van der Waals surface area contributed by atoms with Crippen LogP contribution < -0.4 is 5.32 Å². The highest BCUT2D eigenvalue weighted by atomic mass is 16.1. The van der Waals surface area contributed by atoms with Gasteiger partial charge in [0.25, 0.3) is 0 Å². The molecule has 1 atom stereocenters. The van der Waals surface area contributed by atoms with Crippen molar-refractivity contribution in [3.63, 3.8) is 0 Å². The van der Waals surface area contributed by atoms with Gasteiger partial charge in [-0.2, -0.15) is 0 Å². The van der Waals surface area contributed by atoms with E-state index in [9.17, 15) is 4.79 Å². The summed E-state index contributed by atoms with van der Waals surface area (Å²) in [5, 5.41) is 3.34. The zero-order chi connectivity index (χ0) is 10.6. The second kappa shape index (κ2) is 4.75. The van der Waals surface area contributed by atoms with Gasteiger partial charge in [0, 0.05) is 5.54 Å². The molecule has 0 aliphatic carbocycles. The first-order chi connectivity index (χ1) is 5.72. The second-order valence-electron chi connectivity index (χ2n) is 5.19. The van der Waals surface area contributed by atoms with Crippen molar-refractivity contribution < 1.29 is 4.79 Å². The van der Waals surface area contributed by atoms with E-state index < -0.39 is 0 Å². The first kappa shape index (κ1) is 12.6. The number of ketones is 1. The molecule has 0 heterocycles. The number of nitrogens with one attached hydrogen (secondary N) is 1. The van der Waals surface area contributed by atoms with Crippen molar-refractivity contribution in [1.82, 2.24) is 5.32 Å². The molecular weight excluding hydrogens is 162 g/mol. The lowest BCUT2D eigenvalue weighted by molar-refractivity contribution is -0.119. The molecule has 2 heteroatoms. The monoisotopic (exact) mass is 185 g/mol. The molecular formula is C11H23NO. The number of hydrogen-bond donors (Lipinski definition) is 1. The van der Waals surface area contributed by atoms with Gasteiger partial charge in [0.2, 0.25) is 0 Å². The molecule has 0 aromatic heterocycles. The molecule has 2 nitrogen and oxygen atoms in total. The predicted octanol–water partition coefficient (Wildman–Crippen LogP) is 2.38. The van der Waals surface area contributed by atoms with Gasteiger partial charge in [-0.3, -0.25) is 4.79 Å². The first-order valence-electron chi connectivity index (χ1n) is 5.00. The van der Waals surface area contributed by atoms with Gasteiger partial charge < -0.3 is 5.32 Å². The summed E-state index contributed by atoms with van der Waals surface area (Å²) < 4.78 is 0. The Morgan fingerprint density at radius 3 is 2.00 bits per heavy atom. The Morgan fingerprint density at radius 1 is 1.31 bits per heavy atom. The third-order valence-electron chi connectivity index (χ3n) is 1.81. The van der Waals surface area contributed by atoms with Crippen LogP contribution in [0, 0.1) is 5.92 Å². The van der Waals surface area contributed by atoms with Crippen molar-refractivity contribution in [2.45, 2.75) is 59.5 Å². The molecule has 0 saturated heterocycles. The molecule has 1 N–H and O–H groups in total. The van der Waals surface area contributed by atoms with Gasteiger partial charge in [0.05, 0.1) is 6.04 Å². The van der Waals surface area contributed by atoms with Crippen LogP contribution in [0.4, 0.5) is 0 Å². The SMILES string of the molecule is CC(=O)[C@H](CC(C)C)NC(C)(C)C. The third-order valence-corrected chi connectivity index (χ3v) is 1.81. The van der Waals surface area contributed by atoms with Crippen molar-refractivity contribution in [1.29, 1.82) is 0 Å². The summed E-state index contributed by atoms with van der Waals surface area (Å²) in [4.78, 5) is 11.3. The number of carbonyl (C=O) groups is 1. The topological polar surface area (TPSA) is 29.1 Å². The molecule has 78 valence electrons. The van der Waals surface area contributed by atoms with Crippen LogP contribution in [0.15, 0.2) is 0 Å². The van der Waals surface area contributed by atoms with Crippen molar-refractivity contribution in [3.05, 3.63) is 0 Å². The van der Waals surface area contributed by atoms with Crippen molar-refractivity contribution >= 4 is 5.78 Å². The van der Waals surface area contributed by atoms with Gasteiger partial charge in [-0.05, 0) is 40.0 Å². The van der Waals surface area contributed by atoms with Crippen molar-refractivity contribution in [2.75, 3.05) is 0 Å². The number of hydrogen-bond acceptors (Lipinski definition) is 2. The third kappa shape index (κ3) is 6.76. The second-order valence-corrected chi connectivity index (χ2v) is 5.19. The zero-order valence-corrected chi connectivity index (χ0v) is 9.77. The summed E-state index contributed by atoms with van der Waals surface area (Å²) in [6.45, 7) is 12.2. The van der Waals surface area contributed by atoms with E-state index in [1.165, 1.54) is 0 Å². The normalized spacial score (nSPS) is 14.7. The lowest BCUT2D eigenvalue weighted by Crippen LogP contribution is -2.47. The Hall–Kier alpha value is -0.370. The molecule has 0 unspecified atom stereocenters. The van der Waals surface area contributed by atoms with E-state index in [4.69, 9.17) is 0 Å². The highest BCUT2D eigenvalue weighted by Gasteiger charge is 2.21. The van der Waals surface area contributed by atoms with Crippen molar-refractivity contribution in [3.8, 4) is 0 Å². The number of rotatable bonds is 4. The summed E-state index contributed by atoms with van der Waals surface area (Å²) in [5.41, 5.74) is 0.0191. The summed E-state index contributed by atoms with van der Waals surface area (Å²) in [6.07, 6.45) is 0.923. The fraction of sp³-hybridized carbons (Fsp3) is 0.909. The standard InChI is InChI=1S/C11H23NO/c1-8(2)7-10(9(3)13)12-11(4,5)6/h8,10,12H,7H2,1-6H3/t10-/m0/s1. The first-order valence-corrected chi connectivity index (χ1v) is 5.00. The minimum atomic E-state index is 0.0139. The summed E-state index contributed by atoms with van der Waals surface area (Å²) in [6, 6.07) is 0.0139. The molecule has 0 fully saturated rings. The average Bonchev–Trinajstić information content (AvgIpc) is 1.81. The summed E-state index contributed by atoms with van der Waals surface area (Å²) >= 11 is 0. The van der Waals surface area contributed by atoms with E-state index in [1.807, 2.05) is 0 Å². The molecule has 13 heavy (non-hydrogen) atoms. The zero-order valence-electron chi connectivity index (χ0n) is 9.77. The lowest BCUT2D eigenvalue weighted by atomic mass is 9.97. The van der Waals surface area contributed by atoms with E-state index in [0.29, 0.717) is 5.92 Å². The van der Waals surface area contributed by atoms with E-state index in [-0.39, 0.29) is 17.4 Å². The largest absolute Gasteiger partial charge is 0.303 e. The highest BCUT2D eigenvalue weighted by molar-refractivity contribution is 5.81. The van der Waals surface area contributed by atoms with Gasteiger partial charge in [0.1, 0.15) is 5.78 Å². The van der Waals surface area contributed by atoms with Crippen LogP contribution in [0.3, 0.4) is 0 Å². The van der Waals surface area contributed by atoms with Crippen LogP contribution >= 0.6 is 0 Å². The molecule has 0 aliphatic rings. The lowest BCUT2D eigenvalue weighted by Gasteiger charge is -2.28. The minimum absolute atomic E-state index is 0.0139. The molecule has 0 spiro atoms. The van der Waals surface area contributed by atoms with Gasteiger partial charge in [-0.1, -0.05) is 13.8 Å². The Bertz CT molecular complexity index is 167. The molecule has 0 rings (SSSR count). The van der Waals surface area contributed by atoms with Gasteiger partial charge in [-0.15, -0.1) is 0 Å². The maximum Gasteiger partial charge on any atom is 0.146 e. The molecule has 0 aliphatic heterocycles. The van der Waals surface area contributed by atoms with Crippen LogP contribution in [0.5, 0.6) is 0 Å². The number of carbonyl (C=O) groups excluding carboxylic acids is 1. The molecule has 0 aromatic carbocycles. The Kier molecular flexibility index (Phi) is 4.62. The fourth-order valence-electron chi connectivity index (χ4n) is 1.32. The van der Waals surface area contributed by atoms with Gasteiger partial charge >= 0.3 is 0 Å². The molecule has 0 radical (unpaired) electrons. The van der Waals surface area contributed by atoms with Crippen LogP contribution in [-0.2, 0) is 4.79 Å². The maximum atomic E-state index is 11.3. The van der Waals surface area contributed by atoms with E-state index in [1.54, 1.807) is 6.92 Å². The molecule has 0 bridgehead atoms. The molecule has 0 saturated carbocycles. The van der Waals surface area contributed by atoms with E-state index in [2.05, 4.69) is 39.9 Å². The van der Waals surface area contributed by atoms with E-state index >= 15 is 0 Å². The molecule has 0 aromatic rings. The average molecular weight is 185 g/mol. The Labute approximate surface area is 82.1 Å². The molecule has 0 amide bonds. The maximum absolute atomic E-state index is 11.3. The summed E-state index contributed by atoms with van der Waals surface area (Å²) in [5.74, 6) is 0.798. The minimum Gasteiger partial charge on any atom is -0.303 e. The van der Waals surface area contributed by atoms with Crippen LogP contribution in [0.25, 0.3) is 0 Å². The van der Waals surface area contributed by atoms with Crippen LogP contribution in [-0.4, -0.2) is 17.4 Å². The Balaban J connectivity index is 4.19. The van der Waals surface area contributed by atoms with E-state index in [0.717, 1.165) is 6.42 Å². The van der Waals surface area contributed by atoms with Crippen LogP contribution in [0.1, 0.15) is 48.0 Å². The summed E-state index contributed by atoms with van der Waals surface area (Å²) in [7, 11) is 0. The smallest absolute Gasteiger partial charge is 0.146 e. The fourth-order valence-corrected chi connectivity index (χ4v) is 1.32. The van der Waals surface area contributed by atoms with Gasteiger partial charge in [-0.25, -0.2) is 0 Å².